The quantitative estimate of drug-likeness (QED) is 0.805. The molecule has 1 saturated heterocycles. The van der Waals surface area contributed by atoms with Crippen LogP contribution in [0.5, 0.6) is 0 Å². The van der Waals surface area contributed by atoms with E-state index in [1.165, 1.54) is 13.0 Å². The van der Waals surface area contributed by atoms with E-state index >= 15 is 0 Å². The summed E-state index contributed by atoms with van der Waals surface area (Å²) in [5, 5.41) is 4.36. The predicted octanol–water partition coefficient (Wildman–Crippen LogP) is 0.791. The van der Waals surface area contributed by atoms with Crippen molar-refractivity contribution in [1.82, 2.24) is 24.6 Å². The number of hydrogen-bond acceptors (Lipinski definition) is 5. The van der Waals surface area contributed by atoms with Crippen LogP contribution < -0.4 is 5.73 Å². The third kappa shape index (κ3) is 5.37. The fraction of sp³-hybridized carbons (Fsp3) is 0.867. The molecule has 0 aromatic carbocycles. The van der Waals surface area contributed by atoms with Crippen molar-refractivity contribution in [1.29, 1.82) is 0 Å². The smallest absolute Gasteiger partial charge is 0.141 e. The molecule has 1 aromatic heterocycles. The van der Waals surface area contributed by atoms with Gasteiger partial charge in [-0.1, -0.05) is 13.8 Å². The average molecular weight is 294 g/mol. The maximum Gasteiger partial charge on any atom is 0.141 e. The molecule has 1 fully saturated rings. The molecule has 0 saturated carbocycles. The largest absolute Gasteiger partial charge is 0.330 e. The fourth-order valence-electron chi connectivity index (χ4n) is 2.83. The Morgan fingerprint density at radius 3 is 2.71 bits per heavy atom. The van der Waals surface area contributed by atoms with Crippen LogP contribution in [0, 0.1) is 5.92 Å². The highest BCUT2D eigenvalue weighted by molar-refractivity contribution is 4.86. The molecule has 0 amide bonds. The molecule has 2 heterocycles. The number of hydrogen-bond donors (Lipinski definition) is 1. The molecule has 0 spiro atoms. The lowest BCUT2D eigenvalue weighted by Crippen LogP contribution is -2.32. The van der Waals surface area contributed by atoms with E-state index in [1.54, 1.807) is 6.33 Å². The summed E-state index contributed by atoms with van der Waals surface area (Å²) in [5.74, 6) is 1.69. The van der Waals surface area contributed by atoms with Crippen LogP contribution in [-0.2, 0) is 13.1 Å². The van der Waals surface area contributed by atoms with Gasteiger partial charge in [0.1, 0.15) is 12.2 Å². The standard InChI is InChI=1S/C15H30N6/c1-14(2)11-21-15(17-13-18-21)12-20-8-4-7-19(9-10-20)6-3-5-16/h13-14H,3-12,16H2,1-2H3. The summed E-state index contributed by atoms with van der Waals surface area (Å²) in [7, 11) is 0. The van der Waals surface area contributed by atoms with Gasteiger partial charge in [0.2, 0.25) is 0 Å². The van der Waals surface area contributed by atoms with E-state index in [4.69, 9.17) is 5.73 Å². The van der Waals surface area contributed by atoms with E-state index in [0.29, 0.717) is 5.92 Å². The first kappa shape index (κ1) is 16.4. The van der Waals surface area contributed by atoms with Crippen molar-refractivity contribution in [3.05, 3.63) is 12.2 Å². The first-order valence-electron chi connectivity index (χ1n) is 8.20. The van der Waals surface area contributed by atoms with E-state index in [0.717, 1.165) is 58.1 Å². The molecule has 0 unspecified atom stereocenters. The van der Waals surface area contributed by atoms with Crippen molar-refractivity contribution < 1.29 is 0 Å². The Kier molecular flexibility index (Phi) is 6.60. The molecule has 2 N–H and O–H groups in total. The van der Waals surface area contributed by atoms with Crippen molar-refractivity contribution in [2.75, 3.05) is 39.3 Å². The predicted molar refractivity (Wildman–Crippen MR) is 84.9 cm³/mol. The van der Waals surface area contributed by atoms with Crippen molar-refractivity contribution in [3.8, 4) is 0 Å². The first-order chi connectivity index (χ1) is 10.2. The lowest BCUT2D eigenvalue weighted by molar-refractivity contribution is 0.242. The van der Waals surface area contributed by atoms with Gasteiger partial charge in [0.05, 0.1) is 6.54 Å². The lowest BCUT2D eigenvalue weighted by Gasteiger charge is -2.21. The summed E-state index contributed by atoms with van der Waals surface area (Å²) in [6.45, 7) is 12.8. The Hall–Kier alpha value is -0.980. The topological polar surface area (TPSA) is 63.2 Å². The average Bonchev–Trinajstić information content (AvgIpc) is 2.74. The first-order valence-corrected chi connectivity index (χ1v) is 8.20. The molecule has 1 aliphatic heterocycles. The normalized spacial score (nSPS) is 18.3. The van der Waals surface area contributed by atoms with Gasteiger partial charge in [0.25, 0.3) is 0 Å². The maximum atomic E-state index is 5.60. The number of nitrogens with two attached hydrogens (primary N) is 1. The third-order valence-electron chi connectivity index (χ3n) is 3.96. The Labute approximate surface area is 128 Å². The van der Waals surface area contributed by atoms with Gasteiger partial charge in [-0.25, -0.2) is 9.67 Å². The molecule has 0 bridgehead atoms. The Morgan fingerprint density at radius 1 is 1.19 bits per heavy atom. The fourth-order valence-corrected chi connectivity index (χ4v) is 2.83. The molecule has 1 aliphatic rings. The molecule has 2 rings (SSSR count). The summed E-state index contributed by atoms with van der Waals surface area (Å²) in [5.41, 5.74) is 5.60. The van der Waals surface area contributed by atoms with E-state index in [9.17, 15) is 0 Å². The Bertz CT molecular complexity index is 403. The second-order valence-corrected chi connectivity index (χ2v) is 6.37. The zero-order valence-electron chi connectivity index (χ0n) is 13.5. The van der Waals surface area contributed by atoms with Crippen LogP contribution in [0.15, 0.2) is 6.33 Å². The van der Waals surface area contributed by atoms with Gasteiger partial charge in [-0.2, -0.15) is 5.10 Å². The third-order valence-corrected chi connectivity index (χ3v) is 3.96. The molecule has 0 atom stereocenters. The van der Waals surface area contributed by atoms with Crippen LogP contribution in [0.1, 0.15) is 32.5 Å². The molecule has 1 aromatic rings. The highest BCUT2D eigenvalue weighted by Crippen LogP contribution is 2.09. The zero-order valence-corrected chi connectivity index (χ0v) is 13.5. The summed E-state index contributed by atoms with van der Waals surface area (Å²) in [6, 6.07) is 0. The highest BCUT2D eigenvalue weighted by atomic mass is 15.4. The maximum absolute atomic E-state index is 5.60. The molecule has 6 heteroatoms. The highest BCUT2D eigenvalue weighted by Gasteiger charge is 2.16. The van der Waals surface area contributed by atoms with Crippen LogP contribution in [0.2, 0.25) is 0 Å². The summed E-state index contributed by atoms with van der Waals surface area (Å²) in [4.78, 5) is 9.48. The SMILES string of the molecule is CC(C)Cn1ncnc1CN1CCCN(CCCN)CC1. The number of aromatic nitrogens is 3. The van der Waals surface area contributed by atoms with Gasteiger partial charge >= 0.3 is 0 Å². The zero-order chi connectivity index (χ0) is 15.1. The van der Waals surface area contributed by atoms with Gasteiger partial charge in [-0.05, 0) is 44.9 Å². The van der Waals surface area contributed by atoms with E-state index < -0.39 is 0 Å². The monoisotopic (exact) mass is 294 g/mol. The van der Waals surface area contributed by atoms with Crippen LogP contribution in [-0.4, -0.2) is 63.8 Å². The lowest BCUT2D eigenvalue weighted by atomic mass is 10.2. The summed E-state index contributed by atoms with van der Waals surface area (Å²) < 4.78 is 2.06. The second kappa shape index (κ2) is 8.46. The Morgan fingerprint density at radius 2 is 1.95 bits per heavy atom. The minimum atomic E-state index is 0.598. The van der Waals surface area contributed by atoms with Crippen molar-refractivity contribution in [2.45, 2.75) is 39.8 Å². The van der Waals surface area contributed by atoms with Gasteiger partial charge in [0.15, 0.2) is 0 Å². The second-order valence-electron chi connectivity index (χ2n) is 6.37. The van der Waals surface area contributed by atoms with Crippen LogP contribution >= 0.6 is 0 Å². The van der Waals surface area contributed by atoms with Crippen molar-refractivity contribution >= 4 is 0 Å². The molecule has 6 nitrogen and oxygen atoms in total. The Balaban J connectivity index is 1.84. The number of nitrogens with zero attached hydrogens (tertiary/aromatic N) is 5. The minimum absolute atomic E-state index is 0.598. The van der Waals surface area contributed by atoms with Gasteiger partial charge in [-0.3, -0.25) is 4.90 Å². The minimum Gasteiger partial charge on any atom is -0.330 e. The van der Waals surface area contributed by atoms with Crippen molar-refractivity contribution in [2.24, 2.45) is 11.7 Å². The molecule has 0 aliphatic carbocycles. The van der Waals surface area contributed by atoms with Crippen LogP contribution in [0.4, 0.5) is 0 Å². The van der Waals surface area contributed by atoms with Crippen LogP contribution in [0.3, 0.4) is 0 Å². The van der Waals surface area contributed by atoms with Crippen LogP contribution in [0.25, 0.3) is 0 Å². The molecular formula is C15H30N6. The van der Waals surface area contributed by atoms with Gasteiger partial charge < -0.3 is 10.6 Å². The van der Waals surface area contributed by atoms with E-state index in [2.05, 4.69) is 38.4 Å². The van der Waals surface area contributed by atoms with Gasteiger partial charge in [0, 0.05) is 19.6 Å². The molecular weight excluding hydrogens is 264 g/mol. The van der Waals surface area contributed by atoms with E-state index in [1.807, 2.05) is 0 Å². The molecule has 0 radical (unpaired) electrons. The summed E-state index contributed by atoms with van der Waals surface area (Å²) in [6.07, 6.45) is 4.01. The number of rotatable bonds is 7. The molecule has 120 valence electrons. The summed E-state index contributed by atoms with van der Waals surface area (Å²) >= 11 is 0. The van der Waals surface area contributed by atoms with Gasteiger partial charge in [-0.15, -0.1) is 0 Å². The van der Waals surface area contributed by atoms with E-state index in [-0.39, 0.29) is 0 Å². The molecule has 21 heavy (non-hydrogen) atoms. The van der Waals surface area contributed by atoms with Crippen molar-refractivity contribution in [3.63, 3.8) is 0 Å².